The van der Waals surface area contributed by atoms with E-state index in [2.05, 4.69) is 32.6 Å². The Morgan fingerprint density at radius 3 is 2.40 bits per heavy atom. The molecule has 15 heavy (non-hydrogen) atoms. The van der Waals surface area contributed by atoms with Crippen LogP contribution in [0.3, 0.4) is 0 Å². The van der Waals surface area contributed by atoms with Crippen LogP contribution in [0.15, 0.2) is 0 Å². The highest BCUT2D eigenvalue weighted by Gasteiger charge is 2.31. The van der Waals surface area contributed by atoms with Gasteiger partial charge in [0.15, 0.2) is 0 Å². The molecule has 1 aliphatic rings. The molecule has 0 heterocycles. The average molecular weight is 212 g/mol. The molecule has 3 atom stereocenters. The first kappa shape index (κ1) is 13.0. The molecule has 90 valence electrons. The molecule has 0 aliphatic heterocycles. The van der Waals surface area contributed by atoms with Crippen molar-refractivity contribution in [1.82, 2.24) is 4.90 Å². The van der Waals surface area contributed by atoms with Crippen LogP contribution < -0.4 is 5.73 Å². The lowest BCUT2D eigenvalue weighted by Gasteiger charge is -2.42. The van der Waals surface area contributed by atoms with E-state index in [0.29, 0.717) is 18.1 Å². The highest BCUT2D eigenvalue weighted by Crippen LogP contribution is 2.29. The Kier molecular flexibility index (Phi) is 5.07. The minimum atomic E-state index is 0.398. The van der Waals surface area contributed by atoms with E-state index < -0.39 is 0 Å². The van der Waals surface area contributed by atoms with Gasteiger partial charge in [0.05, 0.1) is 0 Å². The van der Waals surface area contributed by atoms with Crippen molar-refractivity contribution in [1.29, 1.82) is 0 Å². The van der Waals surface area contributed by atoms with Crippen LogP contribution in [0, 0.1) is 5.92 Å². The van der Waals surface area contributed by atoms with Gasteiger partial charge in [0.25, 0.3) is 0 Å². The second-order valence-electron chi connectivity index (χ2n) is 5.24. The van der Waals surface area contributed by atoms with E-state index in [-0.39, 0.29) is 0 Å². The van der Waals surface area contributed by atoms with Gasteiger partial charge in [-0.2, -0.15) is 0 Å². The van der Waals surface area contributed by atoms with Crippen molar-refractivity contribution in [2.24, 2.45) is 11.7 Å². The van der Waals surface area contributed by atoms with E-state index in [9.17, 15) is 0 Å². The highest BCUT2D eigenvalue weighted by molar-refractivity contribution is 4.89. The summed E-state index contributed by atoms with van der Waals surface area (Å²) < 4.78 is 0. The Morgan fingerprint density at radius 2 is 1.93 bits per heavy atom. The summed E-state index contributed by atoms with van der Waals surface area (Å²) in [6.07, 6.45) is 5.18. The molecule has 1 rings (SSSR count). The third-order valence-corrected chi connectivity index (χ3v) is 4.01. The van der Waals surface area contributed by atoms with Gasteiger partial charge >= 0.3 is 0 Å². The van der Waals surface area contributed by atoms with Gasteiger partial charge in [-0.25, -0.2) is 0 Å². The van der Waals surface area contributed by atoms with E-state index >= 15 is 0 Å². The fourth-order valence-corrected chi connectivity index (χ4v) is 2.99. The average Bonchev–Trinajstić information content (AvgIpc) is 2.21. The van der Waals surface area contributed by atoms with E-state index in [1.54, 1.807) is 0 Å². The summed E-state index contributed by atoms with van der Waals surface area (Å²) in [6.45, 7) is 10.3. The first-order chi connectivity index (χ1) is 7.10. The summed E-state index contributed by atoms with van der Waals surface area (Å²) in [5.74, 6) is 0.905. The molecule has 2 N–H and O–H groups in total. The predicted molar refractivity (Wildman–Crippen MR) is 66.9 cm³/mol. The lowest BCUT2D eigenvalue weighted by atomic mass is 9.80. The zero-order chi connectivity index (χ0) is 11.4. The zero-order valence-electron chi connectivity index (χ0n) is 10.9. The molecule has 0 saturated heterocycles. The van der Waals surface area contributed by atoms with Crippen molar-refractivity contribution in [2.45, 2.75) is 71.5 Å². The van der Waals surface area contributed by atoms with Gasteiger partial charge in [0.1, 0.15) is 0 Å². The number of hydrogen-bond acceptors (Lipinski definition) is 2. The van der Waals surface area contributed by atoms with Gasteiger partial charge in [-0.15, -0.1) is 0 Å². The Morgan fingerprint density at radius 1 is 1.27 bits per heavy atom. The number of nitrogens with two attached hydrogens (primary N) is 1. The topological polar surface area (TPSA) is 29.3 Å². The Labute approximate surface area is 95.2 Å². The monoisotopic (exact) mass is 212 g/mol. The van der Waals surface area contributed by atoms with Crippen molar-refractivity contribution in [3.8, 4) is 0 Å². The molecule has 0 spiro atoms. The molecule has 2 nitrogen and oxygen atoms in total. The molecule has 0 amide bonds. The summed E-state index contributed by atoms with van der Waals surface area (Å²) in [6, 6.07) is 1.64. The van der Waals surface area contributed by atoms with Crippen molar-refractivity contribution in [3.63, 3.8) is 0 Å². The molecule has 3 unspecified atom stereocenters. The van der Waals surface area contributed by atoms with Crippen molar-refractivity contribution >= 4 is 0 Å². The molecule has 1 fully saturated rings. The SMILES string of the molecule is CCC1CCC(N)C(N(CC)C(C)C)C1. The minimum Gasteiger partial charge on any atom is -0.326 e. The van der Waals surface area contributed by atoms with Crippen LogP contribution in [0.5, 0.6) is 0 Å². The van der Waals surface area contributed by atoms with Crippen LogP contribution >= 0.6 is 0 Å². The smallest absolute Gasteiger partial charge is 0.0252 e. The molecule has 1 saturated carbocycles. The lowest BCUT2D eigenvalue weighted by molar-refractivity contribution is 0.0881. The Balaban J connectivity index is 2.63. The van der Waals surface area contributed by atoms with Crippen LogP contribution in [-0.2, 0) is 0 Å². The molecule has 1 aliphatic carbocycles. The molecule has 2 heteroatoms. The van der Waals surface area contributed by atoms with Crippen molar-refractivity contribution in [3.05, 3.63) is 0 Å². The fourth-order valence-electron chi connectivity index (χ4n) is 2.99. The quantitative estimate of drug-likeness (QED) is 0.776. The number of nitrogens with zero attached hydrogens (tertiary/aromatic N) is 1. The molecular weight excluding hydrogens is 184 g/mol. The molecule has 0 bridgehead atoms. The second kappa shape index (κ2) is 5.86. The molecule has 0 aromatic rings. The van der Waals surface area contributed by atoms with Gasteiger partial charge in [-0.1, -0.05) is 20.3 Å². The molecule has 0 aromatic carbocycles. The van der Waals surface area contributed by atoms with Gasteiger partial charge < -0.3 is 5.73 Å². The normalized spacial score (nSPS) is 32.6. The lowest BCUT2D eigenvalue weighted by Crippen LogP contribution is -2.53. The van der Waals surface area contributed by atoms with Gasteiger partial charge in [-0.3, -0.25) is 4.90 Å². The molecule has 0 aromatic heterocycles. The van der Waals surface area contributed by atoms with Crippen molar-refractivity contribution in [2.75, 3.05) is 6.54 Å². The second-order valence-corrected chi connectivity index (χ2v) is 5.24. The molecule has 0 radical (unpaired) electrons. The van der Waals surface area contributed by atoms with E-state index in [1.165, 1.54) is 25.7 Å². The van der Waals surface area contributed by atoms with Gasteiger partial charge in [0, 0.05) is 18.1 Å². The van der Waals surface area contributed by atoms with E-state index in [4.69, 9.17) is 5.73 Å². The van der Waals surface area contributed by atoms with Gasteiger partial charge in [-0.05, 0) is 45.6 Å². The summed E-state index contributed by atoms with van der Waals surface area (Å²) in [5.41, 5.74) is 6.27. The van der Waals surface area contributed by atoms with Crippen molar-refractivity contribution < 1.29 is 0 Å². The maximum absolute atomic E-state index is 6.27. The number of likely N-dealkylation sites (N-methyl/N-ethyl adjacent to an activating group) is 1. The Bertz CT molecular complexity index is 179. The predicted octanol–water partition coefficient (Wildman–Crippen LogP) is 2.62. The van der Waals surface area contributed by atoms with Crippen LogP contribution in [0.2, 0.25) is 0 Å². The first-order valence-corrected chi connectivity index (χ1v) is 6.61. The van der Waals surface area contributed by atoms with Gasteiger partial charge in [0.2, 0.25) is 0 Å². The maximum atomic E-state index is 6.27. The van der Waals surface area contributed by atoms with E-state index in [1.807, 2.05) is 0 Å². The number of rotatable bonds is 4. The summed E-state index contributed by atoms with van der Waals surface area (Å²) in [4.78, 5) is 2.58. The largest absolute Gasteiger partial charge is 0.326 e. The van der Waals surface area contributed by atoms with Crippen LogP contribution in [0.25, 0.3) is 0 Å². The zero-order valence-corrected chi connectivity index (χ0v) is 10.9. The van der Waals surface area contributed by atoms with Crippen LogP contribution in [0.1, 0.15) is 53.4 Å². The highest BCUT2D eigenvalue weighted by atomic mass is 15.2. The minimum absolute atomic E-state index is 0.398. The summed E-state index contributed by atoms with van der Waals surface area (Å²) >= 11 is 0. The van der Waals surface area contributed by atoms with Crippen LogP contribution in [0.4, 0.5) is 0 Å². The third-order valence-electron chi connectivity index (χ3n) is 4.01. The standard InChI is InChI=1S/C13H28N2/c1-5-11-7-8-12(14)13(9-11)15(6-2)10(3)4/h10-13H,5-9,14H2,1-4H3. The molecular formula is C13H28N2. The third kappa shape index (κ3) is 3.18. The first-order valence-electron chi connectivity index (χ1n) is 6.61. The van der Waals surface area contributed by atoms with E-state index in [0.717, 1.165) is 12.5 Å². The summed E-state index contributed by atoms with van der Waals surface area (Å²) in [5, 5.41) is 0. The van der Waals surface area contributed by atoms with Crippen LogP contribution in [-0.4, -0.2) is 29.6 Å². The number of hydrogen-bond donors (Lipinski definition) is 1. The Hall–Kier alpha value is -0.0800. The maximum Gasteiger partial charge on any atom is 0.0252 e. The fraction of sp³-hybridized carbons (Fsp3) is 1.00. The summed E-state index contributed by atoms with van der Waals surface area (Å²) in [7, 11) is 0.